The maximum atomic E-state index is 11.1. The predicted octanol–water partition coefficient (Wildman–Crippen LogP) is 0.640. The summed E-state index contributed by atoms with van der Waals surface area (Å²) < 4.78 is 4.48. The Balaban J connectivity index is 2.78. The van der Waals surface area contributed by atoms with Gasteiger partial charge >= 0.3 is 5.97 Å². The molecule has 5 heteroatoms. The fourth-order valence-corrected chi connectivity index (χ4v) is 0.793. The second kappa shape index (κ2) is 3.17. The summed E-state index contributed by atoms with van der Waals surface area (Å²) in [7, 11) is 0. The number of Topliss-reactive ketones (excluding diaryl/α,β-unsaturated/α-hetero) is 1. The van der Waals surface area contributed by atoms with Gasteiger partial charge in [0.1, 0.15) is 12.7 Å². The summed E-state index contributed by atoms with van der Waals surface area (Å²) in [5, 5.41) is 11.8. The van der Waals surface area contributed by atoms with Crippen molar-refractivity contribution in [2.45, 2.75) is 13.3 Å². The zero-order valence-electron chi connectivity index (χ0n) is 6.40. The van der Waals surface area contributed by atoms with Crippen LogP contribution in [-0.2, 0) is 4.79 Å². The van der Waals surface area contributed by atoms with Crippen LogP contribution in [-0.4, -0.2) is 22.0 Å². The van der Waals surface area contributed by atoms with Gasteiger partial charge in [-0.1, -0.05) is 5.16 Å². The van der Waals surface area contributed by atoms with E-state index in [0.29, 0.717) is 5.69 Å². The minimum atomic E-state index is -1.15. The van der Waals surface area contributed by atoms with E-state index in [1.54, 1.807) is 6.92 Å². The number of carbonyl (C=O) groups is 2. The van der Waals surface area contributed by atoms with Gasteiger partial charge in [0.25, 0.3) is 0 Å². The van der Waals surface area contributed by atoms with E-state index in [9.17, 15) is 9.59 Å². The Labute approximate surface area is 68.0 Å². The van der Waals surface area contributed by atoms with Crippen molar-refractivity contribution in [3.63, 3.8) is 0 Å². The number of carboxylic acid groups (broad SMARTS) is 1. The van der Waals surface area contributed by atoms with Crippen LogP contribution in [0.4, 0.5) is 0 Å². The largest absolute Gasteiger partial charge is 0.481 e. The molecule has 0 aliphatic heterocycles. The van der Waals surface area contributed by atoms with Crippen LogP contribution < -0.4 is 0 Å². The van der Waals surface area contributed by atoms with E-state index in [1.807, 2.05) is 0 Å². The molecule has 0 saturated carbocycles. The second-order valence-corrected chi connectivity index (χ2v) is 2.31. The summed E-state index contributed by atoms with van der Waals surface area (Å²) in [6.45, 7) is 1.58. The molecule has 0 radical (unpaired) electrons. The second-order valence-electron chi connectivity index (χ2n) is 2.31. The summed E-state index contributed by atoms with van der Waals surface area (Å²) in [4.78, 5) is 21.2. The first-order chi connectivity index (χ1) is 5.61. The molecule has 0 fully saturated rings. The van der Waals surface area contributed by atoms with Gasteiger partial charge in [-0.2, -0.15) is 0 Å². The molecule has 1 N–H and O–H groups in total. The molecule has 1 rings (SSSR count). The number of carbonyl (C=O) groups excluding carboxylic acids is 1. The van der Waals surface area contributed by atoms with Gasteiger partial charge in [-0.25, -0.2) is 0 Å². The Morgan fingerprint density at radius 1 is 1.67 bits per heavy atom. The van der Waals surface area contributed by atoms with Gasteiger partial charge in [-0.3, -0.25) is 9.59 Å². The standard InChI is InChI=1S/C7H7NO4/c1-4-5(3-12-8-4)6(9)2-7(10)11/h3H,2H2,1H3,(H,10,11). The molecule has 12 heavy (non-hydrogen) atoms. The SMILES string of the molecule is Cc1nocc1C(=O)CC(=O)O. The lowest BCUT2D eigenvalue weighted by atomic mass is 10.1. The number of carboxylic acids is 1. The molecule has 0 amide bonds. The smallest absolute Gasteiger partial charge is 0.311 e. The van der Waals surface area contributed by atoms with E-state index in [2.05, 4.69) is 9.68 Å². The van der Waals surface area contributed by atoms with Crippen LogP contribution in [0.25, 0.3) is 0 Å². The predicted molar refractivity (Wildman–Crippen MR) is 37.8 cm³/mol. The average molecular weight is 169 g/mol. The van der Waals surface area contributed by atoms with Crippen molar-refractivity contribution < 1.29 is 19.2 Å². The molecular weight excluding hydrogens is 162 g/mol. The number of aliphatic carboxylic acids is 1. The van der Waals surface area contributed by atoms with Crippen LogP contribution in [0.5, 0.6) is 0 Å². The van der Waals surface area contributed by atoms with Crippen LogP contribution in [0.1, 0.15) is 22.5 Å². The van der Waals surface area contributed by atoms with Gasteiger partial charge in [0.05, 0.1) is 11.3 Å². The highest BCUT2D eigenvalue weighted by molar-refractivity contribution is 6.05. The Hall–Kier alpha value is -1.65. The maximum absolute atomic E-state index is 11.1. The molecule has 64 valence electrons. The van der Waals surface area contributed by atoms with E-state index in [0.717, 1.165) is 6.26 Å². The lowest BCUT2D eigenvalue weighted by Crippen LogP contribution is -2.07. The minimum Gasteiger partial charge on any atom is -0.481 e. The monoisotopic (exact) mass is 169 g/mol. The minimum absolute atomic E-state index is 0.234. The maximum Gasteiger partial charge on any atom is 0.311 e. The van der Waals surface area contributed by atoms with Gasteiger partial charge in [0.15, 0.2) is 5.78 Å². The van der Waals surface area contributed by atoms with Gasteiger partial charge in [0, 0.05) is 0 Å². The fraction of sp³-hybridized carbons (Fsp3) is 0.286. The molecule has 0 aromatic carbocycles. The quantitative estimate of drug-likeness (QED) is 0.530. The van der Waals surface area contributed by atoms with Gasteiger partial charge < -0.3 is 9.63 Å². The van der Waals surface area contributed by atoms with E-state index < -0.39 is 18.2 Å². The highest BCUT2D eigenvalue weighted by Crippen LogP contribution is 2.07. The van der Waals surface area contributed by atoms with Crippen molar-refractivity contribution in [2.75, 3.05) is 0 Å². The molecule has 1 aromatic heterocycles. The zero-order chi connectivity index (χ0) is 9.14. The Morgan fingerprint density at radius 2 is 2.33 bits per heavy atom. The van der Waals surface area contributed by atoms with Crippen LogP contribution in [0.15, 0.2) is 10.8 Å². The summed E-state index contributed by atoms with van der Waals surface area (Å²) >= 11 is 0. The molecule has 0 bridgehead atoms. The van der Waals surface area contributed by atoms with Crippen molar-refractivity contribution in [1.29, 1.82) is 0 Å². The molecule has 1 aromatic rings. The van der Waals surface area contributed by atoms with E-state index >= 15 is 0 Å². The molecule has 1 heterocycles. The number of nitrogens with zero attached hydrogens (tertiary/aromatic N) is 1. The number of aromatic nitrogens is 1. The summed E-state index contributed by atoms with van der Waals surface area (Å²) in [6, 6.07) is 0. The topological polar surface area (TPSA) is 80.4 Å². The third-order valence-corrected chi connectivity index (χ3v) is 1.36. The lowest BCUT2D eigenvalue weighted by Gasteiger charge is -1.91. The first-order valence-electron chi connectivity index (χ1n) is 3.27. The van der Waals surface area contributed by atoms with Crippen LogP contribution in [0.2, 0.25) is 0 Å². The molecule has 0 unspecified atom stereocenters. The molecular formula is C7H7NO4. The Morgan fingerprint density at radius 3 is 2.75 bits per heavy atom. The molecule has 0 aliphatic rings. The van der Waals surface area contributed by atoms with Crippen molar-refractivity contribution in [1.82, 2.24) is 5.16 Å². The third kappa shape index (κ3) is 1.69. The zero-order valence-corrected chi connectivity index (χ0v) is 6.40. The molecule has 0 aliphatic carbocycles. The van der Waals surface area contributed by atoms with Crippen LogP contribution >= 0.6 is 0 Å². The van der Waals surface area contributed by atoms with Gasteiger partial charge in [-0.05, 0) is 6.92 Å². The Bertz CT molecular complexity index is 315. The van der Waals surface area contributed by atoms with Crippen molar-refractivity contribution >= 4 is 11.8 Å². The molecule has 0 spiro atoms. The average Bonchev–Trinajstić information content (AvgIpc) is 2.33. The highest BCUT2D eigenvalue weighted by Gasteiger charge is 2.15. The highest BCUT2D eigenvalue weighted by atomic mass is 16.5. The number of hydrogen-bond donors (Lipinski definition) is 1. The number of ketones is 1. The first-order valence-corrected chi connectivity index (χ1v) is 3.27. The molecule has 0 atom stereocenters. The van der Waals surface area contributed by atoms with E-state index in [4.69, 9.17) is 5.11 Å². The first kappa shape index (κ1) is 8.45. The number of rotatable bonds is 3. The summed E-state index contributed by atoms with van der Waals surface area (Å²) in [5.41, 5.74) is 0.652. The molecule has 0 saturated heterocycles. The molecule has 5 nitrogen and oxygen atoms in total. The van der Waals surface area contributed by atoms with E-state index in [-0.39, 0.29) is 5.56 Å². The van der Waals surface area contributed by atoms with Gasteiger partial charge in [0.2, 0.25) is 0 Å². The number of aryl methyl sites for hydroxylation is 1. The van der Waals surface area contributed by atoms with Crippen LogP contribution in [0, 0.1) is 6.92 Å². The summed E-state index contributed by atoms with van der Waals surface area (Å²) in [5.74, 6) is -1.64. The fourth-order valence-electron chi connectivity index (χ4n) is 0.793. The number of hydrogen-bond acceptors (Lipinski definition) is 4. The lowest BCUT2D eigenvalue weighted by molar-refractivity contribution is -0.135. The third-order valence-electron chi connectivity index (χ3n) is 1.36. The van der Waals surface area contributed by atoms with Crippen molar-refractivity contribution in [3.05, 3.63) is 17.5 Å². The summed E-state index contributed by atoms with van der Waals surface area (Å²) in [6.07, 6.45) is 0.628. The van der Waals surface area contributed by atoms with Crippen molar-refractivity contribution in [2.24, 2.45) is 0 Å². The van der Waals surface area contributed by atoms with E-state index in [1.165, 1.54) is 0 Å². The van der Waals surface area contributed by atoms with Gasteiger partial charge in [-0.15, -0.1) is 0 Å². The normalized spacial score (nSPS) is 9.75. The van der Waals surface area contributed by atoms with Crippen molar-refractivity contribution in [3.8, 4) is 0 Å². The van der Waals surface area contributed by atoms with Crippen LogP contribution in [0.3, 0.4) is 0 Å². The Kier molecular flexibility index (Phi) is 2.23.